The van der Waals surface area contributed by atoms with Crippen LogP contribution in [-0.2, 0) is 11.8 Å². The van der Waals surface area contributed by atoms with Crippen molar-refractivity contribution >= 4 is 35.0 Å². The van der Waals surface area contributed by atoms with Crippen molar-refractivity contribution in [3.8, 4) is 11.3 Å². The highest BCUT2D eigenvalue weighted by Gasteiger charge is 2.37. The first-order valence-corrected chi connectivity index (χ1v) is 11.6. The van der Waals surface area contributed by atoms with Crippen molar-refractivity contribution in [1.82, 2.24) is 25.1 Å². The van der Waals surface area contributed by atoms with Crippen LogP contribution in [0.3, 0.4) is 0 Å². The summed E-state index contributed by atoms with van der Waals surface area (Å²) in [4.78, 5) is 17.4. The Morgan fingerprint density at radius 2 is 2.00 bits per heavy atom. The highest BCUT2D eigenvalue weighted by Crippen LogP contribution is 2.43. The third kappa shape index (κ3) is 3.49. The molecule has 1 atom stereocenters. The van der Waals surface area contributed by atoms with Crippen molar-refractivity contribution in [2.45, 2.75) is 16.2 Å². The van der Waals surface area contributed by atoms with Crippen molar-refractivity contribution in [3.63, 3.8) is 0 Å². The number of nitrogens with zero attached hydrogens (tertiary/aromatic N) is 3. The Kier molecular flexibility index (Phi) is 4.90. The number of aromatic amines is 1. The zero-order valence-corrected chi connectivity index (χ0v) is 19.1. The van der Waals surface area contributed by atoms with Crippen LogP contribution >= 0.6 is 23.4 Å². The number of furan rings is 1. The molecule has 1 unspecified atom stereocenters. The molecule has 0 saturated carbocycles. The number of H-pyrrole nitrogens is 1. The Bertz CT molecular complexity index is 1400. The first-order chi connectivity index (χ1) is 16.1. The lowest BCUT2D eigenvalue weighted by Crippen LogP contribution is -2.39. The summed E-state index contributed by atoms with van der Waals surface area (Å²) in [5, 5.41) is 15.8. The number of carbonyl (C=O) groups excluding carboxylic acids is 1. The van der Waals surface area contributed by atoms with Gasteiger partial charge in [0.15, 0.2) is 16.0 Å². The van der Waals surface area contributed by atoms with E-state index < -0.39 is 0 Å². The molecule has 166 valence electrons. The van der Waals surface area contributed by atoms with Gasteiger partial charge >= 0.3 is 0 Å². The van der Waals surface area contributed by atoms with Gasteiger partial charge in [-0.2, -0.15) is 5.10 Å². The predicted molar refractivity (Wildman–Crippen MR) is 125 cm³/mol. The summed E-state index contributed by atoms with van der Waals surface area (Å²) in [7, 11) is 1.97. The summed E-state index contributed by atoms with van der Waals surface area (Å²) in [6, 6.07) is 11.5. The number of halogens is 1. The first kappa shape index (κ1) is 20.3. The Hall–Kier alpha value is -3.27. The van der Waals surface area contributed by atoms with Gasteiger partial charge in [0.1, 0.15) is 11.6 Å². The van der Waals surface area contributed by atoms with Crippen LogP contribution < -0.4 is 10.6 Å². The number of hydrogen-bond acceptors (Lipinski definition) is 7. The minimum atomic E-state index is -0.301. The lowest BCUT2D eigenvalue weighted by molar-refractivity contribution is -0.115. The number of ketones is 1. The normalized spacial score (nSPS) is 17.6. The predicted octanol–water partition coefficient (Wildman–Crippen LogP) is 4.19. The number of aromatic nitrogens is 4. The van der Waals surface area contributed by atoms with Crippen molar-refractivity contribution in [3.05, 3.63) is 76.4 Å². The molecule has 0 radical (unpaired) electrons. The molecule has 8 nitrogen and oxygen atoms in total. The fourth-order valence-electron chi connectivity index (χ4n) is 4.33. The average molecular weight is 479 g/mol. The number of rotatable bonds is 4. The Labute approximate surface area is 198 Å². The molecule has 6 rings (SSSR count). The molecule has 0 amide bonds. The van der Waals surface area contributed by atoms with E-state index in [4.69, 9.17) is 16.0 Å². The number of Topliss-reactive ketones (excluding diaryl/α,β-unsaturated/α-hetero) is 1. The van der Waals surface area contributed by atoms with Gasteiger partial charge in [-0.25, -0.2) is 4.98 Å². The molecule has 0 bridgehead atoms. The van der Waals surface area contributed by atoms with Crippen LogP contribution in [0.1, 0.15) is 17.2 Å². The highest BCUT2D eigenvalue weighted by atomic mass is 35.5. The molecule has 0 spiro atoms. The summed E-state index contributed by atoms with van der Waals surface area (Å²) in [5.41, 5.74) is 4.51. The van der Waals surface area contributed by atoms with Crippen LogP contribution in [0.5, 0.6) is 0 Å². The SMILES string of the molecule is Cn1c(-c2ccc(Cl)cc2)cnc1Sc1ccc(C2C3=C(CNCC3=O)Nc3[nH]ncc32)o1. The zero-order valence-electron chi connectivity index (χ0n) is 17.6. The van der Waals surface area contributed by atoms with E-state index in [2.05, 4.69) is 25.8 Å². The Morgan fingerprint density at radius 1 is 1.15 bits per heavy atom. The molecule has 4 aromatic rings. The lowest BCUT2D eigenvalue weighted by atomic mass is 9.82. The summed E-state index contributed by atoms with van der Waals surface area (Å²) in [5.74, 6) is 1.25. The van der Waals surface area contributed by atoms with E-state index in [0.717, 1.165) is 39.1 Å². The van der Waals surface area contributed by atoms with Crippen LogP contribution in [0, 0.1) is 0 Å². The van der Waals surface area contributed by atoms with Gasteiger partial charge in [-0.05, 0) is 41.6 Å². The van der Waals surface area contributed by atoms with Gasteiger partial charge in [-0.15, -0.1) is 0 Å². The van der Waals surface area contributed by atoms with E-state index in [1.54, 1.807) is 6.20 Å². The molecule has 3 aromatic heterocycles. The first-order valence-electron chi connectivity index (χ1n) is 10.4. The number of fused-ring (bicyclic) bond motifs is 1. The molecule has 3 N–H and O–H groups in total. The standard InChI is InChI=1S/C23H19ClN6O2S/c1-30-16(12-2-4-13(24)5-3-12)10-26-23(30)33-19-7-6-18(32-19)20-14-8-27-29-22(14)28-15-9-25-11-17(31)21(15)20/h2-8,10,20,25H,9,11H2,1H3,(H2,27,28,29). The van der Waals surface area contributed by atoms with Gasteiger partial charge in [-0.1, -0.05) is 23.7 Å². The number of anilines is 1. The van der Waals surface area contributed by atoms with E-state index in [1.807, 2.05) is 54.2 Å². The van der Waals surface area contributed by atoms with Crippen molar-refractivity contribution in [2.24, 2.45) is 7.05 Å². The number of hydrogen-bond donors (Lipinski definition) is 3. The van der Waals surface area contributed by atoms with Gasteiger partial charge < -0.3 is 19.6 Å². The molecule has 1 aromatic carbocycles. The van der Waals surface area contributed by atoms with E-state index >= 15 is 0 Å². The maximum Gasteiger partial charge on any atom is 0.176 e. The number of imidazole rings is 1. The molecular weight excluding hydrogens is 460 g/mol. The van der Waals surface area contributed by atoms with Crippen molar-refractivity contribution < 1.29 is 9.21 Å². The quantitative estimate of drug-likeness (QED) is 0.404. The third-order valence-electron chi connectivity index (χ3n) is 5.92. The second kappa shape index (κ2) is 7.95. The van der Waals surface area contributed by atoms with Crippen LogP contribution in [0.2, 0.25) is 5.02 Å². The summed E-state index contributed by atoms with van der Waals surface area (Å²) >= 11 is 7.46. The molecular formula is C23H19ClN6O2S. The van der Waals surface area contributed by atoms with Gasteiger partial charge in [0.05, 0.1) is 30.6 Å². The summed E-state index contributed by atoms with van der Waals surface area (Å²) < 4.78 is 8.27. The van der Waals surface area contributed by atoms with Gasteiger partial charge in [0.25, 0.3) is 0 Å². The molecule has 0 aliphatic carbocycles. The molecule has 2 aliphatic rings. The Balaban J connectivity index is 1.32. The number of carbonyl (C=O) groups is 1. The minimum Gasteiger partial charge on any atom is -0.453 e. The van der Waals surface area contributed by atoms with E-state index in [0.29, 0.717) is 29.0 Å². The second-order valence-electron chi connectivity index (χ2n) is 7.93. The van der Waals surface area contributed by atoms with Crippen molar-refractivity contribution in [1.29, 1.82) is 0 Å². The zero-order chi connectivity index (χ0) is 22.5. The van der Waals surface area contributed by atoms with Crippen molar-refractivity contribution in [2.75, 3.05) is 18.4 Å². The van der Waals surface area contributed by atoms with E-state index in [-0.39, 0.29) is 11.7 Å². The topological polar surface area (TPSA) is 101 Å². The maximum atomic E-state index is 12.8. The van der Waals surface area contributed by atoms with Gasteiger partial charge in [-0.3, -0.25) is 9.89 Å². The van der Waals surface area contributed by atoms with Crippen LogP contribution in [0.4, 0.5) is 5.82 Å². The molecule has 33 heavy (non-hydrogen) atoms. The lowest BCUT2D eigenvalue weighted by Gasteiger charge is -2.30. The van der Waals surface area contributed by atoms with Crippen LogP contribution in [-0.4, -0.2) is 38.6 Å². The minimum absolute atomic E-state index is 0.0583. The Morgan fingerprint density at radius 3 is 2.85 bits per heavy atom. The largest absolute Gasteiger partial charge is 0.453 e. The van der Waals surface area contributed by atoms with E-state index in [9.17, 15) is 4.79 Å². The van der Waals surface area contributed by atoms with E-state index in [1.165, 1.54) is 11.8 Å². The van der Waals surface area contributed by atoms with Gasteiger partial charge in [0.2, 0.25) is 0 Å². The highest BCUT2D eigenvalue weighted by molar-refractivity contribution is 7.99. The number of benzene rings is 1. The molecule has 10 heteroatoms. The second-order valence-corrected chi connectivity index (χ2v) is 9.34. The fraction of sp³-hybridized carbons (Fsp3) is 0.174. The van der Waals surface area contributed by atoms with Crippen LogP contribution in [0.25, 0.3) is 11.3 Å². The summed E-state index contributed by atoms with van der Waals surface area (Å²) in [6.45, 7) is 0.909. The number of nitrogens with one attached hydrogen (secondary N) is 3. The molecule has 0 fully saturated rings. The average Bonchev–Trinajstić information content (AvgIpc) is 3.55. The molecule has 5 heterocycles. The monoisotopic (exact) mass is 478 g/mol. The van der Waals surface area contributed by atoms with Crippen LogP contribution in [0.15, 0.2) is 74.7 Å². The molecule has 0 saturated heterocycles. The maximum absolute atomic E-state index is 12.8. The molecule has 2 aliphatic heterocycles. The van der Waals surface area contributed by atoms with Gasteiger partial charge in [0, 0.05) is 35.4 Å². The smallest absolute Gasteiger partial charge is 0.176 e. The fourth-order valence-corrected chi connectivity index (χ4v) is 5.25. The summed E-state index contributed by atoms with van der Waals surface area (Å²) in [6.07, 6.45) is 3.59. The third-order valence-corrected chi connectivity index (χ3v) is 7.16.